The Bertz CT molecular complexity index is 631. The van der Waals surface area contributed by atoms with E-state index in [2.05, 4.69) is 0 Å². The molecular weight excluding hydrogens is 279 g/mol. The highest BCUT2D eigenvalue weighted by Gasteiger charge is 2.15. The van der Waals surface area contributed by atoms with E-state index in [9.17, 15) is 13.2 Å². The Hall–Kier alpha value is -2.01. The minimum absolute atomic E-state index is 0.0769. The molecule has 112 valence electrons. The maximum Gasteiger partial charge on any atom is 0.168 e. The van der Waals surface area contributed by atoms with Crippen molar-refractivity contribution in [3.63, 3.8) is 0 Å². The van der Waals surface area contributed by atoms with Gasteiger partial charge in [-0.3, -0.25) is 0 Å². The van der Waals surface area contributed by atoms with Crippen molar-refractivity contribution in [3.8, 4) is 11.5 Å². The van der Waals surface area contributed by atoms with Crippen LogP contribution < -0.4 is 10.5 Å². The van der Waals surface area contributed by atoms with E-state index in [0.29, 0.717) is 18.1 Å². The Kier molecular flexibility index (Phi) is 4.85. The summed E-state index contributed by atoms with van der Waals surface area (Å²) >= 11 is 0. The van der Waals surface area contributed by atoms with Crippen LogP contribution >= 0.6 is 0 Å². The molecule has 0 saturated carbocycles. The molecule has 0 spiro atoms. The maximum absolute atomic E-state index is 13.9. The van der Waals surface area contributed by atoms with E-state index in [1.165, 1.54) is 6.07 Å². The molecule has 1 unspecified atom stereocenters. The number of para-hydroxylation sites is 1. The van der Waals surface area contributed by atoms with Crippen molar-refractivity contribution in [1.29, 1.82) is 0 Å². The lowest BCUT2D eigenvalue weighted by atomic mass is 10.0. The molecule has 2 nitrogen and oxygen atoms in total. The largest absolute Gasteiger partial charge is 0.451 e. The quantitative estimate of drug-likeness (QED) is 0.898. The molecule has 0 aromatic heterocycles. The molecule has 0 saturated heterocycles. The van der Waals surface area contributed by atoms with Crippen LogP contribution in [0.2, 0.25) is 0 Å². The monoisotopic (exact) mass is 295 g/mol. The fourth-order valence-electron chi connectivity index (χ4n) is 1.92. The summed E-state index contributed by atoms with van der Waals surface area (Å²) in [5, 5.41) is 0. The van der Waals surface area contributed by atoms with Crippen LogP contribution in [0, 0.1) is 17.5 Å². The molecule has 21 heavy (non-hydrogen) atoms. The molecule has 1 atom stereocenters. The van der Waals surface area contributed by atoms with E-state index < -0.39 is 17.5 Å². The van der Waals surface area contributed by atoms with Gasteiger partial charge in [-0.15, -0.1) is 0 Å². The zero-order valence-corrected chi connectivity index (χ0v) is 11.6. The average molecular weight is 295 g/mol. The molecule has 0 aliphatic rings. The minimum atomic E-state index is -0.885. The highest BCUT2D eigenvalue weighted by atomic mass is 19.1. The number of nitrogens with two attached hydrogens (primary N) is 1. The summed E-state index contributed by atoms with van der Waals surface area (Å²) in [7, 11) is 0. The zero-order valence-electron chi connectivity index (χ0n) is 11.6. The first-order valence-electron chi connectivity index (χ1n) is 6.67. The zero-order chi connectivity index (χ0) is 15.4. The summed E-state index contributed by atoms with van der Waals surface area (Å²) in [5.74, 6) is -2.52. The van der Waals surface area contributed by atoms with Gasteiger partial charge in [-0.05, 0) is 36.6 Å². The van der Waals surface area contributed by atoms with E-state index in [4.69, 9.17) is 10.5 Å². The molecule has 0 amide bonds. The number of hydrogen-bond acceptors (Lipinski definition) is 2. The van der Waals surface area contributed by atoms with Gasteiger partial charge in [-0.2, -0.15) is 0 Å². The number of benzene rings is 2. The highest BCUT2D eigenvalue weighted by Crippen LogP contribution is 2.31. The normalized spacial score (nSPS) is 12.2. The molecule has 2 N–H and O–H groups in total. The van der Waals surface area contributed by atoms with Gasteiger partial charge >= 0.3 is 0 Å². The molecule has 2 rings (SSSR count). The lowest BCUT2D eigenvalue weighted by Crippen LogP contribution is -2.21. The van der Waals surface area contributed by atoms with Crippen molar-refractivity contribution < 1.29 is 17.9 Å². The van der Waals surface area contributed by atoms with Gasteiger partial charge in [0, 0.05) is 12.1 Å². The second-order valence-electron chi connectivity index (χ2n) is 4.78. The molecule has 2 aromatic rings. The third kappa shape index (κ3) is 3.76. The maximum atomic E-state index is 13.9. The molecule has 0 bridgehead atoms. The van der Waals surface area contributed by atoms with Crippen molar-refractivity contribution in [2.24, 2.45) is 5.73 Å². The Balaban J connectivity index is 2.34. The second-order valence-corrected chi connectivity index (χ2v) is 4.78. The lowest BCUT2D eigenvalue weighted by molar-refractivity contribution is 0.405. The summed E-state index contributed by atoms with van der Waals surface area (Å²) in [6, 6.07) is 7.16. The van der Waals surface area contributed by atoms with Gasteiger partial charge < -0.3 is 10.5 Å². The summed E-state index contributed by atoms with van der Waals surface area (Å²) in [4.78, 5) is 0. The van der Waals surface area contributed by atoms with Gasteiger partial charge in [0.05, 0.1) is 0 Å². The SMILES string of the molecule is CCC(N)Cc1cccc(F)c1Oc1ccc(F)cc1F. The Morgan fingerprint density at radius 1 is 1.10 bits per heavy atom. The van der Waals surface area contributed by atoms with Crippen LogP contribution in [0.5, 0.6) is 11.5 Å². The Morgan fingerprint density at radius 2 is 1.86 bits per heavy atom. The molecule has 5 heteroatoms. The average Bonchev–Trinajstić information content (AvgIpc) is 2.44. The fourth-order valence-corrected chi connectivity index (χ4v) is 1.92. The van der Waals surface area contributed by atoms with Gasteiger partial charge in [0.1, 0.15) is 5.82 Å². The summed E-state index contributed by atoms with van der Waals surface area (Å²) in [6.07, 6.45) is 1.13. The van der Waals surface area contributed by atoms with Gasteiger partial charge in [0.2, 0.25) is 0 Å². The van der Waals surface area contributed by atoms with E-state index in [1.54, 1.807) is 12.1 Å². The van der Waals surface area contributed by atoms with Crippen molar-refractivity contribution in [2.45, 2.75) is 25.8 Å². The molecule has 0 aliphatic heterocycles. The molecule has 0 aliphatic carbocycles. The summed E-state index contributed by atoms with van der Waals surface area (Å²) in [5.41, 5.74) is 6.41. The van der Waals surface area contributed by atoms with Crippen LogP contribution in [0.15, 0.2) is 36.4 Å². The van der Waals surface area contributed by atoms with Crippen LogP contribution in [0.25, 0.3) is 0 Å². The van der Waals surface area contributed by atoms with E-state index in [-0.39, 0.29) is 17.5 Å². The fraction of sp³-hybridized carbons (Fsp3) is 0.250. The first-order valence-corrected chi connectivity index (χ1v) is 6.67. The van der Waals surface area contributed by atoms with Crippen LogP contribution in [-0.4, -0.2) is 6.04 Å². The van der Waals surface area contributed by atoms with Crippen LogP contribution in [0.3, 0.4) is 0 Å². The number of rotatable bonds is 5. The van der Waals surface area contributed by atoms with Crippen molar-refractivity contribution >= 4 is 0 Å². The molecular formula is C16H16F3NO. The number of halogens is 3. The summed E-state index contributed by atoms with van der Waals surface area (Å²) < 4.78 is 45.7. The highest BCUT2D eigenvalue weighted by molar-refractivity contribution is 5.40. The van der Waals surface area contributed by atoms with Gasteiger partial charge in [-0.25, -0.2) is 13.2 Å². The first kappa shape index (κ1) is 15.4. The smallest absolute Gasteiger partial charge is 0.168 e. The topological polar surface area (TPSA) is 35.2 Å². The standard InChI is InChI=1S/C16H16F3NO/c1-2-12(20)8-10-4-3-5-13(18)16(10)21-15-7-6-11(17)9-14(15)19/h3-7,9,12H,2,8,20H2,1H3. The van der Waals surface area contributed by atoms with Crippen molar-refractivity contribution in [1.82, 2.24) is 0 Å². The van der Waals surface area contributed by atoms with E-state index >= 15 is 0 Å². The lowest BCUT2D eigenvalue weighted by Gasteiger charge is -2.15. The van der Waals surface area contributed by atoms with Crippen LogP contribution in [0.1, 0.15) is 18.9 Å². The second kappa shape index (κ2) is 6.63. The molecule has 2 aromatic carbocycles. The van der Waals surface area contributed by atoms with Crippen molar-refractivity contribution in [3.05, 3.63) is 59.4 Å². The molecule has 0 fully saturated rings. The molecule has 0 radical (unpaired) electrons. The predicted octanol–water partition coefficient (Wildman–Crippen LogP) is 4.18. The van der Waals surface area contributed by atoms with Gasteiger partial charge in [0.25, 0.3) is 0 Å². The van der Waals surface area contributed by atoms with Crippen LogP contribution in [-0.2, 0) is 6.42 Å². The first-order chi connectivity index (χ1) is 10.0. The third-order valence-electron chi connectivity index (χ3n) is 3.16. The number of hydrogen-bond donors (Lipinski definition) is 1. The van der Waals surface area contributed by atoms with E-state index in [1.807, 2.05) is 6.92 Å². The summed E-state index contributed by atoms with van der Waals surface area (Å²) in [6.45, 7) is 1.92. The Labute approximate surface area is 121 Å². The van der Waals surface area contributed by atoms with Crippen molar-refractivity contribution in [2.75, 3.05) is 0 Å². The van der Waals surface area contributed by atoms with Crippen LogP contribution in [0.4, 0.5) is 13.2 Å². The predicted molar refractivity (Wildman–Crippen MR) is 74.8 cm³/mol. The molecule has 0 heterocycles. The van der Waals surface area contributed by atoms with Gasteiger partial charge in [-0.1, -0.05) is 19.1 Å². The van der Waals surface area contributed by atoms with Gasteiger partial charge in [0.15, 0.2) is 23.1 Å². The number of ether oxygens (including phenoxy) is 1. The Morgan fingerprint density at radius 3 is 2.52 bits per heavy atom. The minimum Gasteiger partial charge on any atom is -0.451 e. The van der Waals surface area contributed by atoms with E-state index in [0.717, 1.165) is 18.6 Å². The third-order valence-corrected chi connectivity index (χ3v) is 3.16.